The predicted molar refractivity (Wildman–Crippen MR) is 64.8 cm³/mol. The van der Waals surface area contributed by atoms with Crippen LogP contribution in [0.1, 0.15) is 41.5 Å². The Morgan fingerprint density at radius 2 is 1.67 bits per heavy atom. The highest BCUT2D eigenvalue weighted by atomic mass is 16.5. The van der Waals surface area contributed by atoms with Gasteiger partial charge in [0, 0.05) is 5.60 Å². The van der Waals surface area contributed by atoms with Crippen LogP contribution < -0.4 is 0 Å². The van der Waals surface area contributed by atoms with Crippen LogP contribution in [0.5, 0.6) is 0 Å². The summed E-state index contributed by atoms with van der Waals surface area (Å²) in [7, 11) is 1.71. The van der Waals surface area contributed by atoms with Crippen molar-refractivity contribution in [3.8, 4) is 0 Å². The monoisotopic (exact) mass is 207 g/mol. The normalized spacial score (nSPS) is 14.0. The summed E-state index contributed by atoms with van der Waals surface area (Å²) in [4.78, 5) is 10.9. The van der Waals surface area contributed by atoms with Crippen LogP contribution in [0.3, 0.4) is 0 Å². The van der Waals surface area contributed by atoms with Gasteiger partial charge in [0.25, 0.3) is 0 Å². The zero-order valence-electron chi connectivity index (χ0n) is 10.5. The first kappa shape index (κ1) is 14.2. The Bertz CT molecular complexity index is 282. The van der Waals surface area contributed by atoms with Gasteiger partial charge < -0.3 is 4.65 Å². The third kappa shape index (κ3) is 8.19. The SMILES string of the molecule is CC(=O)/C(C)=C/C=C(\C)[B]OC(C)(C)C. The summed E-state index contributed by atoms with van der Waals surface area (Å²) in [6.45, 7) is 11.3. The van der Waals surface area contributed by atoms with Crippen molar-refractivity contribution in [1.82, 2.24) is 0 Å². The van der Waals surface area contributed by atoms with Crippen molar-refractivity contribution in [3.63, 3.8) is 0 Å². The Balaban J connectivity index is 4.22. The van der Waals surface area contributed by atoms with Crippen LogP contribution in [0.4, 0.5) is 0 Å². The van der Waals surface area contributed by atoms with E-state index >= 15 is 0 Å². The lowest BCUT2D eigenvalue weighted by molar-refractivity contribution is -0.113. The number of carbonyl (C=O) groups is 1. The minimum Gasteiger partial charge on any atom is -0.430 e. The van der Waals surface area contributed by atoms with Crippen molar-refractivity contribution in [2.24, 2.45) is 0 Å². The molecule has 0 unspecified atom stereocenters. The average molecular weight is 207 g/mol. The highest BCUT2D eigenvalue weighted by molar-refractivity contribution is 6.37. The molecule has 0 spiro atoms. The van der Waals surface area contributed by atoms with E-state index in [-0.39, 0.29) is 11.4 Å². The number of hydrogen-bond donors (Lipinski definition) is 0. The topological polar surface area (TPSA) is 26.3 Å². The van der Waals surface area contributed by atoms with Gasteiger partial charge in [-0.1, -0.05) is 17.6 Å². The van der Waals surface area contributed by atoms with Crippen molar-refractivity contribution in [1.29, 1.82) is 0 Å². The molecule has 0 aromatic heterocycles. The lowest BCUT2D eigenvalue weighted by Crippen LogP contribution is -2.22. The van der Waals surface area contributed by atoms with Gasteiger partial charge in [-0.25, -0.2) is 0 Å². The Morgan fingerprint density at radius 1 is 1.13 bits per heavy atom. The molecular formula is C12H20BO2. The molecule has 0 saturated heterocycles. The van der Waals surface area contributed by atoms with Gasteiger partial charge in [-0.05, 0) is 47.1 Å². The van der Waals surface area contributed by atoms with Crippen LogP contribution in [-0.2, 0) is 9.45 Å². The summed E-state index contributed by atoms with van der Waals surface area (Å²) >= 11 is 0. The molecular weight excluding hydrogens is 187 g/mol. The van der Waals surface area contributed by atoms with Gasteiger partial charge >= 0.3 is 7.48 Å². The molecule has 2 nitrogen and oxygen atoms in total. The zero-order valence-corrected chi connectivity index (χ0v) is 10.5. The van der Waals surface area contributed by atoms with Gasteiger partial charge in [0.05, 0.1) is 0 Å². The molecule has 0 bridgehead atoms. The maximum Gasteiger partial charge on any atom is 0.326 e. The predicted octanol–water partition coefficient (Wildman–Crippen LogP) is 2.86. The van der Waals surface area contributed by atoms with Crippen LogP contribution in [0.2, 0.25) is 0 Å². The number of hydrogen-bond acceptors (Lipinski definition) is 2. The highest BCUT2D eigenvalue weighted by Gasteiger charge is 2.10. The number of allylic oxidation sites excluding steroid dienone is 4. The lowest BCUT2D eigenvalue weighted by atomic mass is 9.87. The van der Waals surface area contributed by atoms with E-state index in [0.29, 0.717) is 0 Å². The molecule has 0 fully saturated rings. The second kappa shape index (κ2) is 5.91. The molecule has 0 aromatic carbocycles. The summed E-state index contributed by atoms with van der Waals surface area (Å²) in [5.74, 6) is 0.0933. The summed E-state index contributed by atoms with van der Waals surface area (Å²) in [6, 6.07) is 0. The van der Waals surface area contributed by atoms with E-state index in [9.17, 15) is 4.79 Å². The quantitative estimate of drug-likeness (QED) is 0.402. The Hall–Kier alpha value is -0.825. The van der Waals surface area contributed by atoms with Crippen molar-refractivity contribution < 1.29 is 9.45 Å². The van der Waals surface area contributed by atoms with Gasteiger partial charge in [-0.2, -0.15) is 0 Å². The van der Waals surface area contributed by atoms with Crippen LogP contribution >= 0.6 is 0 Å². The largest absolute Gasteiger partial charge is 0.430 e. The van der Waals surface area contributed by atoms with Crippen molar-refractivity contribution in [2.75, 3.05) is 0 Å². The maximum absolute atomic E-state index is 10.9. The van der Waals surface area contributed by atoms with E-state index in [1.807, 2.05) is 33.8 Å². The van der Waals surface area contributed by atoms with Crippen LogP contribution in [-0.4, -0.2) is 18.9 Å². The second-order valence-corrected chi connectivity index (χ2v) is 4.66. The molecule has 0 atom stereocenters. The molecule has 0 rings (SSSR count). The molecule has 0 heterocycles. The number of rotatable bonds is 4. The summed E-state index contributed by atoms with van der Waals surface area (Å²) in [5.41, 5.74) is 1.57. The van der Waals surface area contributed by atoms with Crippen molar-refractivity contribution in [2.45, 2.75) is 47.1 Å². The van der Waals surface area contributed by atoms with E-state index in [1.165, 1.54) is 0 Å². The molecule has 0 N–H and O–H groups in total. The fraction of sp³-hybridized carbons (Fsp3) is 0.583. The molecule has 0 aliphatic carbocycles. The van der Waals surface area contributed by atoms with E-state index < -0.39 is 0 Å². The summed E-state index contributed by atoms with van der Waals surface area (Å²) in [5, 5.41) is 0. The minimum atomic E-state index is -0.172. The molecule has 0 aliphatic rings. The van der Waals surface area contributed by atoms with E-state index in [4.69, 9.17) is 4.65 Å². The lowest BCUT2D eigenvalue weighted by Gasteiger charge is -2.19. The van der Waals surface area contributed by atoms with Crippen molar-refractivity contribution >= 4 is 13.3 Å². The third-order valence-electron chi connectivity index (χ3n) is 1.75. The molecule has 83 valence electrons. The number of ketones is 1. The van der Waals surface area contributed by atoms with Gasteiger partial charge in [0.1, 0.15) is 0 Å². The Labute approximate surface area is 93.7 Å². The first-order valence-corrected chi connectivity index (χ1v) is 5.09. The standard InChI is InChI=1S/C12H20BO2/c1-9(11(3)14)7-8-10(2)13-15-12(4,5)6/h7-8H,1-6H3/b9-7+,10-8+. The number of carbonyl (C=O) groups excluding carboxylic acids is 1. The van der Waals surface area contributed by atoms with Crippen LogP contribution in [0, 0.1) is 0 Å². The minimum absolute atomic E-state index is 0.0933. The van der Waals surface area contributed by atoms with E-state index in [1.54, 1.807) is 27.4 Å². The van der Waals surface area contributed by atoms with Gasteiger partial charge in [0.2, 0.25) is 0 Å². The summed E-state index contributed by atoms with van der Waals surface area (Å²) < 4.78 is 5.48. The first-order chi connectivity index (χ1) is 6.72. The average Bonchev–Trinajstić information content (AvgIpc) is 2.09. The molecule has 15 heavy (non-hydrogen) atoms. The maximum atomic E-state index is 10.9. The summed E-state index contributed by atoms with van der Waals surface area (Å²) in [6.07, 6.45) is 3.68. The molecule has 0 amide bonds. The van der Waals surface area contributed by atoms with Gasteiger partial charge in [-0.3, -0.25) is 4.79 Å². The van der Waals surface area contributed by atoms with E-state index in [2.05, 4.69) is 0 Å². The molecule has 3 heteroatoms. The second-order valence-electron chi connectivity index (χ2n) is 4.66. The molecule has 1 radical (unpaired) electrons. The first-order valence-electron chi connectivity index (χ1n) is 5.09. The van der Waals surface area contributed by atoms with Gasteiger partial charge in [0.15, 0.2) is 5.78 Å². The zero-order chi connectivity index (χ0) is 12.1. The Kier molecular flexibility index (Phi) is 5.59. The van der Waals surface area contributed by atoms with Gasteiger partial charge in [-0.15, -0.1) is 0 Å². The third-order valence-corrected chi connectivity index (χ3v) is 1.75. The van der Waals surface area contributed by atoms with E-state index in [0.717, 1.165) is 11.0 Å². The van der Waals surface area contributed by atoms with Crippen LogP contribution in [0.25, 0.3) is 0 Å². The highest BCUT2D eigenvalue weighted by Crippen LogP contribution is 2.07. The van der Waals surface area contributed by atoms with Crippen LogP contribution in [0.15, 0.2) is 23.2 Å². The Morgan fingerprint density at radius 3 is 2.07 bits per heavy atom. The molecule has 0 aliphatic heterocycles. The van der Waals surface area contributed by atoms with Crippen molar-refractivity contribution in [3.05, 3.63) is 23.2 Å². The smallest absolute Gasteiger partial charge is 0.326 e. The fourth-order valence-corrected chi connectivity index (χ4v) is 0.683. The molecule has 0 aromatic rings. The fourth-order valence-electron chi connectivity index (χ4n) is 0.683. The number of Topliss-reactive ketones (excluding diaryl/α,β-unsaturated/α-hetero) is 1. The molecule has 0 saturated carbocycles.